The summed E-state index contributed by atoms with van der Waals surface area (Å²) < 4.78 is 5.27. The molecule has 3 aromatic rings. The Hall–Kier alpha value is -2.86. The van der Waals surface area contributed by atoms with Gasteiger partial charge in [-0.1, -0.05) is 38.1 Å². The van der Waals surface area contributed by atoms with Gasteiger partial charge in [-0.3, -0.25) is 9.89 Å². The fraction of sp³-hybridized carbons (Fsp3) is 0.263. The average molecular weight is 338 g/mol. The number of carbonyl (C=O) groups is 1. The van der Waals surface area contributed by atoms with E-state index in [1.807, 2.05) is 12.1 Å². The van der Waals surface area contributed by atoms with Gasteiger partial charge in [0, 0.05) is 18.7 Å². The van der Waals surface area contributed by atoms with Crippen LogP contribution in [0.2, 0.25) is 0 Å². The number of hydrogen-bond acceptors (Lipinski definition) is 4. The first-order valence-electron chi connectivity index (χ1n) is 8.27. The van der Waals surface area contributed by atoms with Crippen molar-refractivity contribution in [2.24, 2.45) is 5.73 Å². The molecule has 1 aromatic carbocycles. The predicted molar refractivity (Wildman–Crippen MR) is 96.1 cm³/mol. The second-order valence-corrected chi connectivity index (χ2v) is 6.28. The zero-order chi connectivity index (χ0) is 17.8. The first kappa shape index (κ1) is 17.0. The molecule has 0 aliphatic rings. The SMILES string of the molecule is CC(C)c1ccc(C(N)CNC(=O)c2cc(-c3ccco3)[nH]n2)cc1. The molecule has 0 fully saturated rings. The number of nitrogens with two attached hydrogens (primary N) is 1. The van der Waals surface area contributed by atoms with Gasteiger partial charge in [0.2, 0.25) is 0 Å². The molecule has 0 radical (unpaired) electrons. The molecule has 0 bridgehead atoms. The average Bonchev–Trinajstić information content (AvgIpc) is 3.30. The summed E-state index contributed by atoms with van der Waals surface area (Å²) >= 11 is 0. The molecule has 0 saturated heterocycles. The molecular weight excluding hydrogens is 316 g/mol. The normalized spacial score (nSPS) is 12.3. The Morgan fingerprint density at radius 1 is 1.24 bits per heavy atom. The maximum Gasteiger partial charge on any atom is 0.271 e. The lowest BCUT2D eigenvalue weighted by atomic mass is 9.99. The lowest BCUT2D eigenvalue weighted by Gasteiger charge is -2.14. The summed E-state index contributed by atoms with van der Waals surface area (Å²) in [6.07, 6.45) is 1.57. The molecular formula is C19H22N4O2. The van der Waals surface area contributed by atoms with Crippen molar-refractivity contribution >= 4 is 5.91 Å². The van der Waals surface area contributed by atoms with Crippen LogP contribution in [0.3, 0.4) is 0 Å². The summed E-state index contributed by atoms with van der Waals surface area (Å²) in [4.78, 5) is 12.2. The molecule has 6 heteroatoms. The molecule has 2 heterocycles. The van der Waals surface area contributed by atoms with Crippen molar-refractivity contribution in [2.45, 2.75) is 25.8 Å². The molecule has 4 N–H and O–H groups in total. The van der Waals surface area contributed by atoms with E-state index in [2.05, 4.69) is 41.5 Å². The molecule has 0 saturated carbocycles. The highest BCUT2D eigenvalue weighted by atomic mass is 16.3. The number of amides is 1. The topological polar surface area (TPSA) is 96.9 Å². The molecule has 0 spiro atoms. The van der Waals surface area contributed by atoms with Gasteiger partial charge in [-0.25, -0.2) is 0 Å². The van der Waals surface area contributed by atoms with E-state index < -0.39 is 0 Å². The van der Waals surface area contributed by atoms with Crippen LogP contribution >= 0.6 is 0 Å². The lowest BCUT2D eigenvalue weighted by Crippen LogP contribution is -2.32. The van der Waals surface area contributed by atoms with Gasteiger partial charge in [0.1, 0.15) is 5.69 Å². The van der Waals surface area contributed by atoms with Gasteiger partial charge >= 0.3 is 0 Å². The van der Waals surface area contributed by atoms with E-state index in [9.17, 15) is 4.79 Å². The van der Waals surface area contributed by atoms with Crippen LogP contribution in [0.4, 0.5) is 0 Å². The minimum absolute atomic E-state index is 0.270. The maximum atomic E-state index is 12.2. The Kier molecular flexibility index (Phi) is 5.00. The van der Waals surface area contributed by atoms with Gasteiger partial charge in [-0.15, -0.1) is 0 Å². The predicted octanol–water partition coefficient (Wildman–Crippen LogP) is 3.22. The Balaban J connectivity index is 1.58. The van der Waals surface area contributed by atoms with E-state index in [1.165, 1.54) is 5.56 Å². The maximum absolute atomic E-state index is 12.2. The summed E-state index contributed by atoms with van der Waals surface area (Å²) in [5.74, 6) is 0.838. The third-order valence-corrected chi connectivity index (χ3v) is 4.11. The molecule has 130 valence electrons. The van der Waals surface area contributed by atoms with Crippen molar-refractivity contribution < 1.29 is 9.21 Å². The second-order valence-electron chi connectivity index (χ2n) is 6.28. The summed E-state index contributed by atoms with van der Waals surface area (Å²) in [5, 5.41) is 9.62. The zero-order valence-electron chi connectivity index (χ0n) is 14.3. The van der Waals surface area contributed by atoms with Gasteiger partial charge in [-0.05, 0) is 29.2 Å². The van der Waals surface area contributed by atoms with Gasteiger partial charge in [0.25, 0.3) is 5.91 Å². The molecule has 6 nitrogen and oxygen atoms in total. The summed E-state index contributed by atoms with van der Waals surface area (Å²) in [5.41, 5.74) is 9.38. The number of aromatic amines is 1. The Labute approximate surface area is 146 Å². The van der Waals surface area contributed by atoms with Crippen LogP contribution < -0.4 is 11.1 Å². The molecule has 3 rings (SSSR count). The van der Waals surface area contributed by atoms with Crippen molar-refractivity contribution in [3.05, 3.63) is 65.5 Å². The molecule has 1 amide bonds. The first-order chi connectivity index (χ1) is 12.0. The van der Waals surface area contributed by atoms with E-state index in [0.717, 1.165) is 5.56 Å². The molecule has 25 heavy (non-hydrogen) atoms. The minimum atomic E-state index is -0.275. The Bertz CT molecular complexity index is 819. The number of furan rings is 1. The number of aromatic nitrogens is 2. The van der Waals surface area contributed by atoms with E-state index in [4.69, 9.17) is 10.2 Å². The number of benzene rings is 1. The highest BCUT2D eigenvalue weighted by Gasteiger charge is 2.14. The van der Waals surface area contributed by atoms with Gasteiger partial charge in [0.15, 0.2) is 11.5 Å². The van der Waals surface area contributed by atoms with Gasteiger partial charge < -0.3 is 15.5 Å². The van der Waals surface area contributed by atoms with Crippen LogP contribution in [0.25, 0.3) is 11.5 Å². The number of nitrogens with one attached hydrogen (secondary N) is 2. The first-order valence-corrected chi connectivity index (χ1v) is 8.27. The number of rotatable bonds is 6. The number of nitrogens with zero attached hydrogens (tertiary/aromatic N) is 1. The van der Waals surface area contributed by atoms with Crippen molar-refractivity contribution in [1.82, 2.24) is 15.5 Å². The van der Waals surface area contributed by atoms with E-state index in [-0.39, 0.29) is 11.9 Å². The van der Waals surface area contributed by atoms with Crippen LogP contribution in [0.5, 0.6) is 0 Å². The second kappa shape index (κ2) is 7.36. The minimum Gasteiger partial charge on any atom is -0.463 e. The Morgan fingerprint density at radius 2 is 1.96 bits per heavy atom. The smallest absolute Gasteiger partial charge is 0.271 e. The van der Waals surface area contributed by atoms with Crippen LogP contribution in [-0.4, -0.2) is 22.6 Å². The number of hydrogen-bond donors (Lipinski definition) is 3. The van der Waals surface area contributed by atoms with Crippen LogP contribution in [0.15, 0.2) is 53.1 Å². The van der Waals surface area contributed by atoms with Crippen LogP contribution in [0, 0.1) is 0 Å². The molecule has 0 aliphatic heterocycles. The number of H-pyrrole nitrogens is 1. The standard InChI is InChI=1S/C19H22N4O2/c1-12(2)13-5-7-14(8-6-13)15(20)11-21-19(24)17-10-16(22-23-17)18-4-3-9-25-18/h3-10,12,15H,11,20H2,1-2H3,(H,21,24)(H,22,23). The fourth-order valence-corrected chi connectivity index (χ4v) is 2.54. The molecule has 2 aromatic heterocycles. The van der Waals surface area contributed by atoms with Gasteiger partial charge in [0.05, 0.1) is 6.26 Å². The summed E-state index contributed by atoms with van der Waals surface area (Å²) in [6.45, 7) is 4.63. The third-order valence-electron chi connectivity index (χ3n) is 4.11. The Morgan fingerprint density at radius 3 is 2.60 bits per heavy atom. The van der Waals surface area contributed by atoms with Crippen molar-refractivity contribution in [2.75, 3.05) is 6.54 Å². The molecule has 1 unspecified atom stereocenters. The monoisotopic (exact) mass is 338 g/mol. The zero-order valence-corrected chi connectivity index (χ0v) is 14.3. The summed E-state index contributed by atoms with van der Waals surface area (Å²) in [7, 11) is 0. The summed E-state index contributed by atoms with van der Waals surface area (Å²) in [6, 6.07) is 13.1. The third kappa shape index (κ3) is 3.97. The van der Waals surface area contributed by atoms with Gasteiger partial charge in [-0.2, -0.15) is 5.10 Å². The van der Waals surface area contributed by atoms with Crippen molar-refractivity contribution in [3.63, 3.8) is 0 Å². The molecule has 1 atom stereocenters. The largest absolute Gasteiger partial charge is 0.463 e. The van der Waals surface area contributed by atoms with Crippen LogP contribution in [0.1, 0.15) is 47.4 Å². The van der Waals surface area contributed by atoms with Crippen molar-refractivity contribution in [1.29, 1.82) is 0 Å². The van der Waals surface area contributed by atoms with E-state index in [0.29, 0.717) is 29.6 Å². The fourth-order valence-electron chi connectivity index (χ4n) is 2.54. The highest BCUT2D eigenvalue weighted by Crippen LogP contribution is 2.19. The van der Waals surface area contributed by atoms with Crippen LogP contribution in [-0.2, 0) is 0 Å². The number of carbonyl (C=O) groups excluding carboxylic acids is 1. The lowest BCUT2D eigenvalue weighted by molar-refractivity contribution is 0.0946. The highest BCUT2D eigenvalue weighted by molar-refractivity contribution is 5.93. The van der Waals surface area contributed by atoms with E-state index >= 15 is 0 Å². The van der Waals surface area contributed by atoms with E-state index in [1.54, 1.807) is 24.5 Å². The van der Waals surface area contributed by atoms with Crippen molar-refractivity contribution in [3.8, 4) is 11.5 Å². The quantitative estimate of drug-likeness (QED) is 0.643. The molecule has 0 aliphatic carbocycles.